The average molecular weight is 284 g/mol. The maximum atomic E-state index is 11.3. The van der Waals surface area contributed by atoms with E-state index in [0.717, 1.165) is 5.56 Å². The molecule has 0 radical (unpaired) electrons. The molecule has 3 aromatic rings. The average Bonchev–Trinajstić information content (AvgIpc) is 2.99. The number of hydrogen-bond acceptors (Lipinski definition) is 3. The molecule has 100 valence electrons. The van der Waals surface area contributed by atoms with Gasteiger partial charge in [0.15, 0.2) is 4.96 Å². The van der Waals surface area contributed by atoms with Gasteiger partial charge < -0.3 is 5.11 Å². The van der Waals surface area contributed by atoms with E-state index >= 15 is 0 Å². The van der Waals surface area contributed by atoms with Gasteiger partial charge in [0.2, 0.25) is 0 Å². The molecule has 3 rings (SSSR count). The Morgan fingerprint density at radius 1 is 1.30 bits per heavy atom. The molecular formula is C15H12N2O2S. The number of carbonyl (C=O) groups is 1. The molecule has 0 amide bonds. The summed E-state index contributed by atoms with van der Waals surface area (Å²) in [5, 5.41) is 9.25. The van der Waals surface area contributed by atoms with Crippen molar-refractivity contribution in [3.8, 4) is 0 Å². The predicted molar refractivity (Wildman–Crippen MR) is 80.1 cm³/mol. The van der Waals surface area contributed by atoms with Crippen LogP contribution in [0.1, 0.15) is 26.5 Å². The number of rotatable bonds is 3. The molecule has 1 aromatic carbocycles. The summed E-state index contributed by atoms with van der Waals surface area (Å²) in [7, 11) is 0. The van der Waals surface area contributed by atoms with Crippen LogP contribution in [0.25, 0.3) is 17.1 Å². The van der Waals surface area contributed by atoms with Crippen LogP contribution in [-0.2, 0) is 0 Å². The highest BCUT2D eigenvalue weighted by Crippen LogP contribution is 2.24. The van der Waals surface area contributed by atoms with Crippen LogP contribution in [0, 0.1) is 6.92 Å². The van der Waals surface area contributed by atoms with E-state index in [1.807, 2.05) is 43.3 Å². The summed E-state index contributed by atoms with van der Waals surface area (Å²) >= 11 is 1.18. The van der Waals surface area contributed by atoms with Crippen molar-refractivity contribution in [3.63, 3.8) is 0 Å². The second-order valence-corrected chi connectivity index (χ2v) is 5.42. The first-order valence-corrected chi connectivity index (χ1v) is 6.91. The van der Waals surface area contributed by atoms with Gasteiger partial charge in [0.1, 0.15) is 4.88 Å². The molecular weight excluding hydrogens is 272 g/mol. The minimum Gasteiger partial charge on any atom is -0.477 e. The standard InChI is InChI=1S/C15H12N2O2S/c1-10-2-4-11(5-3-10)6-7-12-13(14(18)19)20-15-16-8-9-17(12)15/h2-9H,1H3,(H,18,19)/b7-6+. The Bertz CT molecular complexity index is 797. The van der Waals surface area contributed by atoms with Gasteiger partial charge in [0.05, 0.1) is 5.69 Å². The molecule has 2 aromatic heterocycles. The highest BCUT2D eigenvalue weighted by atomic mass is 32.1. The molecule has 0 saturated heterocycles. The number of aromatic carboxylic acids is 1. The Hall–Kier alpha value is -2.40. The van der Waals surface area contributed by atoms with E-state index in [4.69, 9.17) is 0 Å². The smallest absolute Gasteiger partial charge is 0.348 e. The molecule has 0 aliphatic rings. The fraction of sp³-hybridized carbons (Fsp3) is 0.0667. The van der Waals surface area contributed by atoms with Crippen LogP contribution >= 0.6 is 11.3 Å². The number of carboxylic acids is 1. The zero-order chi connectivity index (χ0) is 14.1. The van der Waals surface area contributed by atoms with Crippen molar-refractivity contribution in [2.24, 2.45) is 0 Å². The summed E-state index contributed by atoms with van der Waals surface area (Å²) in [6.07, 6.45) is 7.17. The quantitative estimate of drug-likeness (QED) is 0.800. The van der Waals surface area contributed by atoms with Crippen LogP contribution in [0.15, 0.2) is 36.7 Å². The van der Waals surface area contributed by atoms with E-state index in [-0.39, 0.29) is 0 Å². The molecule has 0 aliphatic carbocycles. The van der Waals surface area contributed by atoms with E-state index in [0.29, 0.717) is 15.5 Å². The first-order valence-electron chi connectivity index (χ1n) is 6.09. The van der Waals surface area contributed by atoms with Gasteiger partial charge in [-0.3, -0.25) is 4.40 Å². The minimum absolute atomic E-state index is 0.302. The molecule has 20 heavy (non-hydrogen) atoms. The van der Waals surface area contributed by atoms with Crippen molar-refractivity contribution in [1.82, 2.24) is 9.38 Å². The predicted octanol–water partition coefficient (Wildman–Crippen LogP) is 3.57. The molecule has 1 N–H and O–H groups in total. The Morgan fingerprint density at radius 3 is 2.75 bits per heavy atom. The number of aryl methyl sites for hydroxylation is 1. The van der Waals surface area contributed by atoms with Crippen LogP contribution in [0.4, 0.5) is 0 Å². The van der Waals surface area contributed by atoms with Crippen molar-refractivity contribution < 1.29 is 9.90 Å². The summed E-state index contributed by atoms with van der Waals surface area (Å²) in [5.74, 6) is -0.927. The van der Waals surface area contributed by atoms with Gasteiger partial charge in [-0.15, -0.1) is 0 Å². The van der Waals surface area contributed by atoms with E-state index in [1.54, 1.807) is 16.8 Å². The molecule has 0 saturated carbocycles. The zero-order valence-corrected chi connectivity index (χ0v) is 11.6. The first kappa shape index (κ1) is 12.6. The fourth-order valence-corrected chi connectivity index (χ4v) is 2.88. The van der Waals surface area contributed by atoms with Gasteiger partial charge in [0.25, 0.3) is 0 Å². The lowest BCUT2D eigenvalue weighted by Crippen LogP contribution is -1.96. The first-order chi connectivity index (χ1) is 9.65. The van der Waals surface area contributed by atoms with Crippen molar-refractivity contribution in [3.05, 3.63) is 58.4 Å². The maximum absolute atomic E-state index is 11.3. The molecule has 0 bridgehead atoms. The minimum atomic E-state index is -0.927. The molecule has 0 fully saturated rings. The molecule has 0 atom stereocenters. The second kappa shape index (κ2) is 4.94. The van der Waals surface area contributed by atoms with Gasteiger partial charge in [-0.05, 0) is 18.6 Å². The number of fused-ring (bicyclic) bond motifs is 1. The Labute approximate surface area is 119 Å². The van der Waals surface area contributed by atoms with E-state index < -0.39 is 5.97 Å². The van der Waals surface area contributed by atoms with Crippen LogP contribution in [0.2, 0.25) is 0 Å². The van der Waals surface area contributed by atoms with E-state index in [9.17, 15) is 9.90 Å². The van der Waals surface area contributed by atoms with Crippen molar-refractivity contribution in [2.45, 2.75) is 6.92 Å². The summed E-state index contributed by atoms with van der Waals surface area (Å²) in [4.78, 5) is 16.4. The molecule has 4 nitrogen and oxygen atoms in total. The van der Waals surface area contributed by atoms with E-state index in [1.165, 1.54) is 16.9 Å². The van der Waals surface area contributed by atoms with Gasteiger partial charge in [-0.25, -0.2) is 9.78 Å². The number of hydrogen-bond donors (Lipinski definition) is 1. The lowest BCUT2D eigenvalue weighted by molar-refractivity contribution is 0.0701. The third kappa shape index (κ3) is 2.23. The summed E-state index contributed by atoms with van der Waals surface area (Å²) in [6.45, 7) is 2.03. The molecule has 2 heterocycles. The fourth-order valence-electron chi connectivity index (χ4n) is 1.96. The molecule has 0 aliphatic heterocycles. The maximum Gasteiger partial charge on any atom is 0.348 e. The van der Waals surface area contributed by atoms with E-state index in [2.05, 4.69) is 4.98 Å². The highest BCUT2D eigenvalue weighted by molar-refractivity contribution is 7.19. The molecule has 0 spiro atoms. The zero-order valence-electron chi connectivity index (χ0n) is 10.8. The third-order valence-electron chi connectivity index (χ3n) is 3.00. The van der Waals surface area contributed by atoms with Gasteiger partial charge in [0, 0.05) is 12.4 Å². The molecule has 5 heteroatoms. The monoisotopic (exact) mass is 284 g/mol. The summed E-state index contributed by atoms with van der Waals surface area (Å²) in [6, 6.07) is 8.06. The molecule has 0 unspecified atom stereocenters. The summed E-state index contributed by atoms with van der Waals surface area (Å²) < 4.78 is 1.79. The van der Waals surface area contributed by atoms with Crippen molar-refractivity contribution >= 4 is 34.4 Å². The number of carboxylic acid groups (broad SMARTS) is 1. The number of benzene rings is 1. The van der Waals surface area contributed by atoms with Gasteiger partial charge in [-0.1, -0.05) is 47.2 Å². The van der Waals surface area contributed by atoms with Crippen LogP contribution < -0.4 is 0 Å². The van der Waals surface area contributed by atoms with Gasteiger partial charge in [-0.2, -0.15) is 0 Å². The summed E-state index contributed by atoms with van der Waals surface area (Å²) in [5.41, 5.74) is 2.88. The van der Waals surface area contributed by atoms with Crippen molar-refractivity contribution in [1.29, 1.82) is 0 Å². The highest BCUT2D eigenvalue weighted by Gasteiger charge is 2.16. The lowest BCUT2D eigenvalue weighted by atomic mass is 10.1. The second-order valence-electron chi connectivity index (χ2n) is 4.45. The number of thiazole rings is 1. The Balaban J connectivity index is 2.04. The largest absolute Gasteiger partial charge is 0.477 e. The Morgan fingerprint density at radius 2 is 2.05 bits per heavy atom. The van der Waals surface area contributed by atoms with Crippen molar-refractivity contribution in [2.75, 3.05) is 0 Å². The van der Waals surface area contributed by atoms with Gasteiger partial charge >= 0.3 is 5.97 Å². The van der Waals surface area contributed by atoms with Crippen LogP contribution in [0.5, 0.6) is 0 Å². The number of nitrogens with zero attached hydrogens (tertiary/aromatic N) is 2. The topological polar surface area (TPSA) is 54.6 Å². The third-order valence-corrected chi connectivity index (χ3v) is 4.07. The number of imidazole rings is 1. The Kier molecular flexibility index (Phi) is 3.12. The van der Waals surface area contributed by atoms with Crippen LogP contribution in [-0.4, -0.2) is 20.5 Å². The number of aromatic nitrogens is 2. The van der Waals surface area contributed by atoms with Crippen LogP contribution in [0.3, 0.4) is 0 Å². The SMILES string of the molecule is Cc1ccc(/C=C/c2c(C(=O)O)sc3nccn23)cc1. The normalized spacial score (nSPS) is 11.4. The lowest BCUT2D eigenvalue weighted by Gasteiger charge is -1.96.